The smallest absolute Gasteiger partial charge is 0.335 e. The minimum absolute atomic E-state index is 0.0711. The number of hydrogen-bond acceptors (Lipinski definition) is 7. The second-order valence-electron chi connectivity index (χ2n) is 9.98. The Hall–Kier alpha value is -4.04. The number of carbonyl (C=O) groups is 1. The molecule has 1 saturated heterocycles. The summed E-state index contributed by atoms with van der Waals surface area (Å²) in [6.07, 6.45) is 1.77. The third kappa shape index (κ3) is 5.23. The van der Waals surface area contributed by atoms with Crippen molar-refractivity contribution < 1.29 is 23.8 Å². The molecule has 11 heteroatoms. The molecule has 2 aromatic heterocycles. The van der Waals surface area contributed by atoms with E-state index in [9.17, 15) is 14.3 Å². The van der Waals surface area contributed by atoms with Gasteiger partial charge in [0.15, 0.2) is 0 Å². The number of aromatic carboxylic acids is 1. The minimum atomic E-state index is -0.978. The number of halogens is 2. The second kappa shape index (κ2) is 10.8. The van der Waals surface area contributed by atoms with Gasteiger partial charge in [0.05, 0.1) is 53.1 Å². The highest BCUT2D eigenvalue weighted by Crippen LogP contribution is 2.30. The van der Waals surface area contributed by atoms with Crippen LogP contribution in [0.4, 0.5) is 4.39 Å². The fourth-order valence-electron chi connectivity index (χ4n) is 5.05. The Kier molecular flexibility index (Phi) is 7.11. The fourth-order valence-corrected chi connectivity index (χ4v) is 5.28. The molecule has 4 aromatic rings. The molecule has 0 unspecified atom stereocenters. The lowest BCUT2D eigenvalue weighted by Crippen LogP contribution is -2.34. The third-order valence-corrected chi connectivity index (χ3v) is 7.62. The van der Waals surface area contributed by atoms with Crippen molar-refractivity contribution in [2.45, 2.75) is 45.2 Å². The monoisotopic (exact) mass is 561 g/mol. The molecule has 1 N–H and O–H groups in total. The minimum Gasteiger partial charge on any atom is -0.478 e. The van der Waals surface area contributed by atoms with Crippen molar-refractivity contribution in [3.05, 3.63) is 87.1 Å². The number of carboxylic acids is 1. The van der Waals surface area contributed by atoms with Gasteiger partial charge in [0.2, 0.25) is 5.88 Å². The molecule has 40 heavy (non-hydrogen) atoms. The first-order valence-electron chi connectivity index (χ1n) is 12.9. The Morgan fingerprint density at radius 1 is 1.25 bits per heavy atom. The van der Waals surface area contributed by atoms with Gasteiger partial charge in [0, 0.05) is 25.3 Å². The van der Waals surface area contributed by atoms with Gasteiger partial charge in [-0.25, -0.2) is 19.2 Å². The molecule has 2 aliphatic heterocycles. The van der Waals surface area contributed by atoms with Crippen LogP contribution in [0.25, 0.3) is 11.0 Å². The van der Waals surface area contributed by atoms with Crippen LogP contribution in [-0.4, -0.2) is 49.8 Å². The summed E-state index contributed by atoms with van der Waals surface area (Å²) in [6.45, 7) is 3.12. The molecule has 0 amide bonds. The molecular weight excluding hydrogens is 537 g/mol. The summed E-state index contributed by atoms with van der Waals surface area (Å²) in [4.78, 5) is 23.3. The first-order chi connectivity index (χ1) is 19.4. The van der Waals surface area contributed by atoms with E-state index in [2.05, 4.69) is 14.5 Å². The number of nitrogens with zero attached hydrogens (tertiary/aromatic N) is 5. The second-order valence-corrected chi connectivity index (χ2v) is 10.4. The number of imidazole rings is 1. The number of benzene rings is 2. The summed E-state index contributed by atoms with van der Waals surface area (Å²) in [5, 5.41) is 18.8. The third-order valence-electron chi connectivity index (χ3n) is 7.35. The maximum atomic E-state index is 14.3. The molecule has 9 nitrogen and oxygen atoms in total. The molecule has 0 spiro atoms. The summed E-state index contributed by atoms with van der Waals surface area (Å²) in [7, 11) is 0. The lowest BCUT2D eigenvalue weighted by Gasteiger charge is -2.30. The van der Waals surface area contributed by atoms with E-state index in [1.165, 1.54) is 18.2 Å². The summed E-state index contributed by atoms with van der Waals surface area (Å²) < 4.78 is 27.8. The standard InChI is InChI=1S/C29H25ClFN5O4/c30-22-10-18-5-7-35(14-25(18)34-28(22)40-16-20-2-1-17(12-32)9-23(20)31)15-27-33-24-4-3-19(29(37)38)11-26(24)36(27)13-21-6-8-39-21/h1-4,9-11,21H,5-8,13-16H2,(H,37,38)/t21-/m0/s1. The van der Waals surface area contributed by atoms with Gasteiger partial charge in [-0.05, 0) is 54.8 Å². The largest absolute Gasteiger partial charge is 0.478 e. The molecule has 0 bridgehead atoms. The van der Waals surface area contributed by atoms with Crippen LogP contribution in [0.3, 0.4) is 0 Å². The van der Waals surface area contributed by atoms with Gasteiger partial charge in [-0.15, -0.1) is 0 Å². The Balaban J connectivity index is 1.22. The van der Waals surface area contributed by atoms with Gasteiger partial charge in [-0.1, -0.05) is 17.7 Å². The molecule has 6 rings (SSSR count). The van der Waals surface area contributed by atoms with E-state index in [1.807, 2.05) is 12.1 Å². The molecule has 0 aliphatic carbocycles. The molecule has 0 radical (unpaired) electrons. The molecule has 204 valence electrons. The SMILES string of the molecule is N#Cc1ccc(COc2nc3c(cc2Cl)CCN(Cc2nc4ccc(C(=O)O)cc4n2C[C@@H]2CCO2)C3)c(F)c1. The van der Waals surface area contributed by atoms with Crippen molar-refractivity contribution in [2.24, 2.45) is 0 Å². The normalized spacial score (nSPS) is 16.8. The Morgan fingerprint density at radius 2 is 2.10 bits per heavy atom. The summed E-state index contributed by atoms with van der Waals surface area (Å²) in [5.74, 6) is -0.446. The molecule has 1 atom stereocenters. The maximum absolute atomic E-state index is 14.3. The number of nitriles is 1. The molecule has 2 aromatic carbocycles. The number of fused-ring (bicyclic) bond motifs is 2. The van der Waals surface area contributed by atoms with E-state index in [1.54, 1.807) is 18.2 Å². The van der Waals surface area contributed by atoms with Crippen molar-refractivity contribution in [1.82, 2.24) is 19.4 Å². The molecule has 0 saturated carbocycles. The Bertz CT molecular complexity index is 1660. The van der Waals surface area contributed by atoms with E-state index in [0.29, 0.717) is 30.2 Å². The Labute approximate surface area is 234 Å². The van der Waals surface area contributed by atoms with Crippen LogP contribution in [-0.2, 0) is 37.4 Å². The van der Waals surface area contributed by atoms with Gasteiger partial charge in [-0.3, -0.25) is 4.90 Å². The zero-order valence-electron chi connectivity index (χ0n) is 21.4. The highest BCUT2D eigenvalue weighted by atomic mass is 35.5. The van der Waals surface area contributed by atoms with E-state index in [4.69, 9.17) is 31.3 Å². The zero-order valence-corrected chi connectivity index (χ0v) is 22.2. The van der Waals surface area contributed by atoms with E-state index < -0.39 is 11.8 Å². The van der Waals surface area contributed by atoms with Crippen molar-refractivity contribution >= 4 is 28.6 Å². The van der Waals surface area contributed by atoms with Gasteiger partial charge < -0.3 is 19.1 Å². The molecular formula is C29H25ClFN5O4. The fraction of sp³-hybridized carbons (Fsp3) is 0.310. The van der Waals surface area contributed by atoms with Crippen molar-refractivity contribution in [1.29, 1.82) is 5.26 Å². The average Bonchev–Trinajstić information content (AvgIpc) is 3.25. The maximum Gasteiger partial charge on any atom is 0.335 e. The van der Waals surface area contributed by atoms with E-state index in [-0.39, 0.29) is 29.7 Å². The number of aromatic nitrogens is 3. The highest BCUT2D eigenvalue weighted by Gasteiger charge is 2.26. The van der Waals surface area contributed by atoms with Gasteiger partial charge in [0.25, 0.3) is 0 Å². The predicted molar refractivity (Wildman–Crippen MR) is 144 cm³/mol. The van der Waals surface area contributed by atoms with Crippen LogP contribution in [0.5, 0.6) is 5.88 Å². The first kappa shape index (κ1) is 26.2. The lowest BCUT2D eigenvalue weighted by atomic mass is 10.1. The number of hydrogen-bond donors (Lipinski definition) is 1. The number of rotatable bonds is 8. The van der Waals surface area contributed by atoms with Gasteiger partial charge >= 0.3 is 5.97 Å². The first-order valence-corrected chi connectivity index (χ1v) is 13.3. The lowest BCUT2D eigenvalue weighted by molar-refractivity contribution is -0.0592. The van der Waals surface area contributed by atoms with Gasteiger partial charge in [-0.2, -0.15) is 5.26 Å². The van der Waals surface area contributed by atoms with Crippen molar-refractivity contribution in [3.63, 3.8) is 0 Å². The number of carboxylic acid groups (broad SMARTS) is 1. The quantitative estimate of drug-likeness (QED) is 0.329. The van der Waals surface area contributed by atoms with Crippen LogP contribution in [0.2, 0.25) is 5.02 Å². The summed E-state index contributed by atoms with van der Waals surface area (Å²) >= 11 is 6.44. The van der Waals surface area contributed by atoms with Crippen LogP contribution in [0.1, 0.15) is 45.0 Å². The summed E-state index contributed by atoms with van der Waals surface area (Å²) in [5.41, 5.74) is 4.13. The number of pyridine rings is 1. The summed E-state index contributed by atoms with van der Waals surface area (Å²) in [6, 6.07) is 13.0. The highest BCUT2D eigenvalue weighted by molar-refractivity contribution is 6.31. The van der Waals surface area contributed by atoms with Crippen LogP contribution < -0.4 is 4.74 Å². The van der Waals surface area contributed by atoms with Crippen molar-refractivity contribution in [2.75, 3.05) is 13.2 Å². The van der Waals surface area contributed by atoms with Crippen molar-refractivity contribution in [3.8, 4) is 11.9 Å². The van der Waals surface area contributed by atoms with Crippen LogP contribution in [0.15, 0.2) is 42.5 Å². The zero-order chi connectivity index (χ0) is 27.8. The Morgan fingerprint density at radius 3 is 2.83 bits per heavy atom. The topological polar surface area (TPSA) is 114 Å². The van der Waals surface area contributed by atoms with E-state index in [0.717, 1.165) is 54.1 Å². The van der Waals surface area contributed by atoms with Crippen LogP contribution >= 0.6 is 11.6 Å². The predicted octanol–water partition coefficient (Wildman–Crippen LogP) is 4.72. The van der Waals surface area contributed by atoms with Gasteiger partial charge in [0.1, 0.15) is 23.3 Å². The average molecular weight is 562 g/mol. The molecule has 2 aliphatic rings. The van der Waals surface area contributed by atoms with E-state index >= 15 is 0 Å². The molecule has 1 fully saturated rings. The molecule has 4 heterocycles. The number of ether oxygens (including phenoxy) is 2. The van der Waals surface area contributed by atoms with Crippen LogP contribution in [0, 0.1) is 17.1 Å².